The van der Waals surface area contributed by atoms with Gasteiger partial charge in [-0.05, 0) is 49.2 Å². The molecule has 1 amide bonds. The fraction of sp³-hybridized carbons (Fsp3) is 0.350. The van der Waals surface area contributed by atoms with Crippen molar-refractivity contribution in [2.24, 2.45) is 0 Å². The zero-order chi connectivity index (χ0) is 18.8. The smallest absolute Gasteiger partial charge is 0.238 e. The Kier molecular flexibility index (Phi) is 5.05. The maximum atomic E-state index is 12.4. The fourth-order valence-corrected chi connectivity index (χ4v) is 4.01. The Hall–Kier alpha value is -2.51. The van der Waals surface area contributed by atoms with Gasteiger partial charge in [-0.3, -0.25) is 9.69 Å². The molecule has 1 aromatic heterocycles. The third-order valence-electron chi connectivity index (χ3n) is 5.19. The summed E-state index contributed by atoms with van der Waals surface area (Å²) >= 11 is 1.18. The largest absolute Gasteiger partial charge is 0.369 e. The molecule has 0 aliphatic carbocycles. The molecule has 27 heavy (non-hydrogen) atoms. The van der Waals surface area contributed by atoms with E-state index < -0.39 is 0 Å². The summed E-state index contributed by atoms with van der Waals surface area (Å²) in [5.41, 5.74) is 6.43. The molecule has 0 atom stereocenters. The number of rotatable bonds is 4. The lowest BCUT2D eigenvalue weighted by Crippen LogP contribution is -2.48. The summed E-state index contributed by atoms with van der Waals surface area (Å²) in [5.74, 6) is 0.0118. The molecule has 2 aromatic carbocycles. The van der Waals surface area contributed by atoms with E-state index in [2.05, 4.69) is 55.9 Å². The Morgan fingerprint density at radius 1 is 1.07 bits per heavy atom. The maximum absolute atomic E-state index is 12.4. The van der Waals surface area contributed by atoms with Crippen LogP contribution in [0, 0.1) is 13.8 Å². The lowest BCUT2D eigenvalue weighted by atomic mass is 10.1. The molecule has 1 aliphatic rings. The van der Waals surface area contributed by atoms with Crippen LogP contribution in [0.1, 0.15) is 11.1 Å². The van der Waals surface area contributed by atoms with Gasteiger partial charge in [-0.25, -0.2) is 0 Å². The molecule has 1 fully saturated rings. The van der Waals surface area contributed by atoms with E-state index in [1.54, 1.807) is 0 Å². The lowest BCUT2D eigenvalue weighted by molar-refractivity contribution is -0.117. The van der Waals surface area contributed by atoms with Gasteiger partial charge in [0.2, 0.25) is 5.91 Å². The van der Waals surface area contributed by atoms with Gasteiger partial charge in [-0.2, -0.15) is 8.75 Å². The molecule has 2 heterocycles. The topological polar surface area (TPSA) is 61.4 Å². The number of amides is 1. The Morgan fingerprint density at radius 3 is 2.67 bits per heavy atom. The average molecular weight is 382 g/mol. The van der Waals surface area contributed by atoms with E-state index in [0.29, 0.717) is 6.54 Å². The number of aryl methyl sites for hydroxylation is 1. The Bertz CT molecular complexity index is 962. The van der Waals surface area contributed by atoms with E-state index in [4.69, 9.17) is 0 Å². The van der Waals surface area contributed by atoms with Gasteiger partial charge in [-0.1, -0.05) is 12.1 Å². The van der Waals surface area contributed by atoms with Crippen molar-refractivity contribution in [1.82, 2.24) is 13.6 Å². The van der Waals surface area contributed by atoms with Crippen molar-refractivity contribution in [3.63, 3.8) is 0 Å². The van der Waals surface area contributed by atoms with E-state index in [-0.39, 0.29) is 5.91 Å². The standard InChI is InChI=1S/C20H23N5OS/c1-14-4-3-5-19(15(14)2)25-10-8-24(9-11-25)13-20(26)21-16-6-7-17-18(12-16)23-27-22-17/h3-7,12H,8-11,13H2,1-2H3,(H,21,26). The molecule has 0 saturated carbocycles. The van der Waals surface area contributed by atoms with Crippen molar-refractivity contribution in [3.05, 3.63) is 47.5 Å². The molecule has 0 spiro atoms. The minimum absolute atomic E-state index is 0.0118. The van der Waals surface area contributed by atoms with Gasteiger partial charge in [0.1, 0.15) is 11.0 Å². The van der Waals surface area contributed by atoms with Crippen LogP contribution in [0.5, 0.6) is 0 Å². The SMILES string of the molecule is Cc1cccc(N2CCN(CC(=O)Nc3ccc4nsnc4c3)CC2)c1C. The van der Waals surface area contributed by atoms with Crippen LogP contribution in [-0.2, 0) is 4.79 Å². The number of hydrogen-bond donors (Lipinski definition) is 1. The fourth-order valence-electron chi connectivity index (χ4n) is 3.49. The summed E-state index contributed by atoms with van der Waals surface area (Å²) in [5, 5.41) is 2.97. The Labute approximate surface area is 163 Å². The van der Waals surface area contributed by atoms with Gasteiger partial charge in [0.15, 0.2) is 0 Å². The molecule has 6 nitrogen and oxygen atoms in total. The van der Waals surface area contributed by atoms with Crippen LogP contribution in [0.2, 0.25) is 0 Å². The number of anilines is 2. The zero-order valence-electron chi connectivity index (χ0n) is 15.6. The van der Waals surface area contributed by atoms with Crippen LogP contribution >= 0.6 is 11.7 Å². The number of fused-ring (bicyclic) bond motifs is 1. The summed E-state index contributed by atoms with van der Waals surface area (Å²) in [7, 11) is 0. The third kappa shape index (κ3) is 3.94. The molecule has 4 rings (SSSR count). The summed E-state index contributed by atoms with van der Waals surface area (Å²) in [6.07, 6.45) is 0. The first-order chi connectivity index (χ1) is 13.1. The summed E-state index contributed by atoms with van der Waals surface area (Å²) in [4.78, 5) is 17.0. The Balaban J connectivity index is 1.32. The van der Waals surface area contributed by atoms with E-state index in [9.17, 15) is 4.79 Å². The monoisotopic (exact) mass is 381 g/mol. The van der Waals surface area contributed by atoms with Gasteiger partial charge in [0.05, 0.1) is 18.3 Å². The second kappa shape index (κ2) is 7.62. The highest BCUT2D eigenvalue weighted by Gasteiger charge is 2.20. The first kappa shape index (κ1) is 17.9. The van der Waals surface area contributed by atoms with Crippen LogP contribution in [-0.4, -0.2) is 52.3 Å². The van der Waals surface area contributed by atoms with Crippen molar-refractivity contribution < 1.29 is 4.79 Å². The van der Waals surface area contributed by atoms with Crippen LogP contribution in [0.25, 0.3) is 11.0 Å². The summed E-state index contributed by atoms with van der Waals surface area (Å²) < 4.78 is 8.40. The van der Waals surface area contributed by atoms with Crippen molar-refractivity contribution in [2.45, 2.75) is 13.8 Å². The van der Waals surface area contributed by atoms with Gasteiger partial charge >= 0.3 is 0 Å². The van der Waals surface area contributed by atoms with Crippen LogP contribution in [0.15, 0.2) is 36.4 Å². The highest BCUT2D eigenvalue weighted by atomic mass is 32.1. The second-order valence-corrected chi connectivity index (χ2v) is 7.53. The predicted octanol–water partition coefficient (Wildman–Crippen LogP) is 3.07. The van der Waals surface area contributed by atoms with Gasteiger partial charge in [-0.15, -0.1) is 0 Å². The van der Waals surface area contributed by atoms with E-state index in [1.165, 1.54) is 28.5 Å². The average Bonchev–Trinajstić information content (AvgIpc) is 3.12. The summed E-state index contributed by atoms with van der Waals surface area (Å²) in [6, 6.07) is 12.1. The highest BCUT2D eigenvalue weighted by Crippen LogP contribution is 2.24. The second-order valence-electron chi connectivity index (χ2n) is 7.00. The highest BCUT2D eigenvalue weighted by molar-refractivity contribution is 7.00. The van der Waals surface area contributed by atoms with Crippen molar-refractivity contribution >= 4 is 40.0 Å². The summed E-state index contributed by atoms with van der Waals surface area (Å²) in [6.45, 7) is 8.39. The molecule has 140 valence electrons. The number of benzene rings is 2. The lowest BCUT2D eigenvalue weighted by Gasteiger charge is -2.36. The normalized spacial score (nSPS) is 15.3. The first-order valence-corrected chi connectivity index (χ1v) is 9.89. The number of nitrogens with zero attached hydrogens (tertiary/aromatic N) is 4. The van der Waals surface area contributed by atoms with Gasteiger partial charge < -0.3 is 10.2 Å². The number of aromatic nitrogens is 2. The van der Waals surface area contributed by atoms with Crippen LogP contribution < -0.4 is 10.2 Å². The van der Waals surface area contributed by atoms with Crippen molar-refractivity contribution in [3.8, 4) is 0 Å². The van der Waals surface area contributed by atoms with Gasteiger partial charge in [0, 0.05) is 37.6 Å². The van der Waals surface area contributed by atoms with Crippen molar-refractivity contribution in [2.75, 3.05) is 42.9 Å². The maximum Gasteiger partial charge on any atom is 0.238 e. The van der Waals surface area contributed by atoms with E-state index in [1.807, 2.05) is 18.2 Å². The molecule has 1 aliphatic heterocycles. The molecule has 1 saturated heterocycles. The van der Waals surface area contributed by atoms with Gasteiger partial charge in [0.25, 0.3) is 0 Å². The molecule has 7 heteroatoms. The van der Waals surface area contributed by atoms with Crippen LogP contribution in [0.4, 0.5) is 11.4 Å². The molecule has 3 aromatic rings. The first-order valence-electron chi connectivity index (χ1n) is 9.16. The molecular weight excluding hydrogens is 358 g/mol. The van der Waals surface area contributed by atoms with Crippen molar-refractivity contribution in [1.29, 1.82) is 0 Å². The number of hydrogen-bond acceptors (Lipinski definition) is 6. The Morgan fingerprint density at radius 2 is 1.85 bits per heavy atom. The zero-order valence-corrected chi connectivity index (χ0v) is 16.4. The van der Waals surface area contributed by atoms with E-state index >= 15 is 0 Å². The predicted molar refractivity (Wildman–Crippen MR) is 111 cm³/mol. The minimum Gasteiger partial charge on any atom is -0.369 e. The van der Waals surface area contributed by atoms with E-state index in [0.717, 1.165) is 42.9 Å². The molecule has 0 bridgehead atoms. The molecule has 1 N–H and O–H groups in total. The van der Waals surface area contributed by atoms with Crippen LogP contribution in [0.3, 0.4) is 0 Å². The molecular formula is C20H23N5OS. The number of carbonyl (C=O) groups excluding carboxylic acids is 1. The number of carbonyl (C=O) groups is 1. The third-order valence-corrected chi connectivity index (χ3v) is 5.75. The number of piperazine rings is 1. The number of nitrogens with one attached hydrogen (secondary N) is 1. The minimum atomic E-state index is 0.0118. The molecule has 0 unspecified atom stereocenters. The molecule has 0 radical (unpaired) electrons. The quantitative estimate of drug-likeness (QED) is 0.753.